The summed E-state index contributed by atoms with van der Waals surface area (Å²) in [5, 5.41) is 10.1. The molecule has 8 rings (SSSR count). The number of methoxy groups -OCH3 is 1. The van der Waals surface area contributed by atoms with Crippen molar-refractivity contribution in [2.24, 2.45) is 11.3 Å². The molecule has 1 saturated heterocycles. The van der Waals surface area contributed by atoms with Crippen LogP contribution < -0.4 is 9.64 Å². The van der Waals surface area contributed by atoms with Crippen LogP contribution in [0, 0.1) is 18.3 Å². The van der Waals surface area contributed by atoms with E-state index in [1.807, 2.05) is 23.4 Å². The molecule has 5 aliphatic rings. The molecule has 1 aliphatic heterocycles. The quantitative estimate of drug-likeness (QED) is 0.202. The highest BCUT2D eigenvalue weighted by molar-refractivity contribution is 7.15. The maximum atomic E-state index is 14.7. The SMILES string of the molecule is COc1ccc(C23CCC(CN(c4cc(-c5cnc(C(C)C)s5)ccn4)C(=O)[C@H]4CC[C@H](OC(=O)N5CC(OCCO)C5)CC4)(CC2)CC3)cc1C. The summed E-state index contributed by atoms with van der Waals surface area (Å²) in [4.78, 5) is 41.7. The van der Waals surface area contributed by atoms with Crippen LogP contribution in [-0.4, -0.2) is 84.1 Å². The number of benzene rings is 1. The molecular formula is C41H54N4O6S. The second-order valence-corrected chi connectivity index (χ2v) is 17.1. The fraction of sp³-hybridized carbons (Fsp3) is 0.610. The number of nitrogens with zero attached hydrogens (tertiary/aromatic N) is 4. The monoisotopic (exact) mass is 730 g/mol. The predicted molar refractivity (Wildman–Crippen MR) is 202 cm³/mol. The highest BCUT2D eigenvalue weighted by Crippen LogP contribution is 2.58. The number of amides is 2. The van der Waals surface area contributed by atoms with E-state index in [0.29, 0.717) is 57.1 Å². The van der Waals surface area contributed by atoms with E-state index >= 15 is 0 Å². The zero-order chi connectivity index (χ0) is 36.5. The van der Waals surface area contributed by atoms with Crippen molar-refractivity contribution in [3.05, 3.63) is 58.9 Å². The van der Waals surface area contributed by atoms with Crippen molar-refractivity contribution in [3.8, 4) is 16.2 Å². The first-order chi connectivity index (χ1) is 25.1. The van der Waals surface area contributed by atoms with Gasteiger partial charge in [0.1, 0.15) is 17.7 Å². The minimum atomic E-state index is -0.320. The summed E-state index contributed by atoms with van der Waals surface area (Å²) in [5.74, 6) is 1.99. The van der Waals surface area contributed by atoms with Crippen LogP contribution in [0.4, 0.5) is 10.6 Å². The zero-order valence-corrected chi connectivity index (χ0v) is 32.0. The van der Waals surface area contributed by atoms with E-state index < -0.39 is 0 Å². The van der Waals surface area contributed by atoms with Gasteiger partial charge in [0.05, 0.1) is 49.4 Å². The van der Waals surface area contributed by atoms with E-state index in [4.69, 9.17) is 24.3 Å². The molecule has 280 valence electrons. The van der Waals surface area contributed by atoms with Crippen molar-refractivity contribution in [3.63, 3.8) is 0 Å². The molecule has 2 aromatic heterocycles. The number of aryl methyl sites for hydroxylation is 1. The Labute approximate surface area is 311 Å². The topological polar surface area (TPSA) is 114 Å². The molecule has 4 saturated carbocycles. The number of aliphatic hydroxyl groups is 1. The minimum Gasteiger partial charge on any atom is -0.496 e. The summed E-state index contributed by atoms with van der Waals surface area (Å²) in [7, 11) is 1.73. The van der Waals surface area contributed by atoms with Gasteiger partial charge < -0.3 is 24.2 Å². The van der Waals surface area contributed by atoms with Crippen LogP contribution >= 0.6 is 11.3 Å². The average molecular weight is 731 g/mol. The fourth-order valence-corrected chi connectivity index (χ4v) is 9.85. The number of pyridine rings is 1. The summed E-state index contributed by atoms with van der Waals surface area (Å²) in [6.45, 7) is 8.33. The Bertz CT molecular complexity index is 1700. The van der Waals surface area contributed by atoms with Gasteiger partial charge in [0.2, 0.25) is 5.91 Å². The van der Waals surface area contributed by atoms with Gasteiger partial charge in [0.25, 0.3) is 0 Å². The maximum Gasteiger partial charge on any atom is 0.410 e. The smallest absolute Gasteiger partial charge is 0.410 e. The summed E-state index contributed by atoms with van der Waals surface area (Å²) in [6, 6.07) is 10.8. The number of carbonyl (C=O) groups is 2. The number of aromatic nitrogens is 2. The fourth-order valence-electron chi connectivity index (χ4n) is 8.93. The summed E-state index contributed by atoms with van der Waals surface area (Å²) in [5.41, 5.74) is 3.88. The van der Waals surface area contributed by atoms with Gasteiger partial charge in [-0.1, -0.05) is 26.0 Å². The second kappa shape index (κ2) is 15.4. The second-order valence-electron chi connectivity index (χ2n) is 16.0. The first-order valence-electron chi connectivity index (χ1n) is 19.2. The van der Waals surface area contributed by atoms with Crippen molar-refractivity contribution in [1.29, 1.82) is 0 Å². The van der Waals surface area contributed by atoms with E-state index in [1.165, 1.54) is 11.1 Å². The molecule has 10 nitrogen and oxygen atoms in total. The highest BCUT2D eigenvalue weighted by atomic mass is 32.1. The van der Waals surface area contributed by atoms with Crippen LogP contribution in [0.5, 0.6) is 5.75 Å². The maximum absolute atomic E-state index is 14.7. The van der Waals surface area contributed by atoms with Crippen LogP contribution in [0.1, 0.15) is 100 Å². The van der Waals surface area contributed by atoms with Crippen LogP contribution in [0.15, 0.2) is 42.7 Å². The molecule has 0 spiro atoms. The predicted octanol–water partition coefficient (Wildman–Crippen LogP) is 7.66. The molecule has 0 unspecified atom stereocenters. The largest absolute Gasteiger partial charge is 0.496 e. The lowest BCUT2D eigenvalue weighted by molar-refractivity contribution is -0.125. The van der Waals surface area contributed by atoms with Gasteiger partial charge in [-0.15, -0.1) is 11.3 Å². The van der Waals surface area contributed by atoms with Gasteiger partial charge in [-0.25, -0.2) is 14.8 Å². The molecule has 3 heterocycles. The van der Waals surface area contributed by atoms with Crippen LogP contribution in [0.2, 0.25) is 0 Å². The normalized spacial score (nSPS) is 25.9. The van der Waals surface area contributed by atoms with E-state index in [9.17, 15) is 9.59 Å². The summed E-state index contributed by atoms with van der Waals surface area (Å²) < 4.78 is 16.9. The van der Waals surface area contributed by atoms with Crippen molar-refractivity contribution in [2.75, 3.05) is 44.9 Å². The molecule has 2 amide bonds. The lowest BCUT2D eigenvalue weighted by atomic mass is 9.51. The number of hydrogen-bond donors (Lipinski definition) is 1. The summed E-state index contributed by atoms with van der Waals surface area (Å²) >= 11 is 1.70. The van der Waals surface area contributed by atoms with Crippen LogP contribution in [-0.2, 0) is 19.7 Å². The van der Waals surface area contributed by atoms with Crippen LogP contribution in [0.3, 0.4) is 0 Å². The number of carbonyl (C=O) groups excluding carboxylic acids is 2. The van der Waals surface area contributed by atoms with Crippen molar-refractivity contribution >= 4 is 29.2 Å². The number of thiazole rings is 1. The van der Waals surface area contributed by atoms with Gasteiger partial charge in [-0.05, 0) is 117 Å². The van der Waals surface area contributed by atoms with Crippen molar-refractivity contribution in [1.82, 2.24) is 14.9 Å². The number of anilines is 1. The van der Waals surface area contributed by atoms with Gasteiger partial charge >= 0.3 is 6.09 Å². The van der Waals surface area contributed by atoms with E-state index in [-0.39, 0.29) is 54.2 Å². The molecule has 0 radical (unpaired) electrons. The molecular weight excluding hydrogens is 677 g/mol. The summed E-state index contributed by atoms with van der Waals surface area (Å²) in [6.07, 6.45) is 12.5. The zero-order valence-electron chi connectivity index (χ0n) is 31.1. The molecule has 11 heteroatoms. The molecule has 1 N–H and O–H groups in total. The molecule has 52 heavy (non-hydrogen) atoms. The Hall–Kier alpha value is -3.54. The van der Waals surface area contributed by atoms with Crippen molar-refractivity contribution in [2.45, 2.75) is 109 Å². The average Bonchev–Trinajstić information content (AvgIpc) is 3.65. The molecule has 3 aromatic rings. The third-order valence-corrected chi connectivity index (χ3v) is 13.7. The lowest BCUT2D eigenvalue weighted by Gasteiger charge is -2.55. The van der Waals surface area contributed by atoms with Crippen molar-refractivity contribution < 1.29 is 28.9 Å². The number of ether oxygens (including phenoxy) is 3. The number of fused-ring (bicyclic) bond motifs is 3. The van der Waals surface area contributed by atoms with Crippen LogP contribution in [0.25, 0.3) is 10.4 Å². The van der Waals surface area contributed by atoms with Gasteiger partial charge in [-0.2, -0.15) is 0 Å². The Morgan fingerprint density at radius 3 is 2.37 bits per heavy atom. The highest BCUT2D eigenvalue weighted by Gasteiger charge is 2.51. The molecule has 2 bridgehead atoms. The Kier molecular flexibility index (Phi) is 10.9. The van der Waals surface area contributed by atoms with E-state index in [2.05, 4.69) is 50.0 Å². The molecule has 5 fully saturated rings. The third kappa shape index (κ3) is 7.59. The van der Waals surface area contributed by atoms with E-state index in [1.54, 1.807) is 23.3 Å². The van der Waals surface area contributed by atoms with E-state index in [0.717, 1.165) is 59.7 Å². The number of likely N-dealkylation sites (tertiary alicyclic amines) is 1. The molecule has 1 aromatic carbocycles. The number of hydrogen-bond acceptors (Lipinski definition) is 9. The van der Waals surface area contributed by atoms with Gasteiger partial charge in [0, 0.05) is 30.8 Å². The molecule has 0 atom stereocenters. The Morgan fingerprint density at radius 2 is 1.73 bits per heavy atom. The first-order valence-corrected chi connectivity index (χ1v) is 20.0. The Morgan fingerprint density at radius 1 is 1.00 bits per heavy atom. The number of rotatable bonds is 12. The third-order valence-electron chi connectivity index (χ3n) is 12.3. The number of aliphatic hydroxyl groups excluding tert-OH is 1. The molecule has 4 aliphatic carbocycles. The minimum absolute atomic E-state index is 0.0287. The first kappa shape index (κ1) is 36.8. The van der Waals surface area contributed by atoms with Gasteiger partial charge in [-0.3, -0.25) is 9.69 Å². The standard InChI is InChI=1S/C41H54N4O6S/c1-27(2)37-43-23-35(52-37)30-11-18-42-36(22-30)45(26-40-12-15-41(16-13-40,17-14-40)31-7-10-34(49-4)28(3)21-31)38(47)29-5-8-32(9-6-29)51-39(48)44-24-33(25-44)50-20-19-46/h7,10-11,18,21-23,27,29,32-33,46H,5-6,8-9,12-17,19-20,24-26H2,1-4H3/t29-,32-,40?,41?. The van der Waals surface area contributed by atoms with Gasteiger partial charge in [0.15, 0.2) is 0 Å². The Balaban J connectivity index is 1.06. The lowest BCUT2D eigenvalue weighted by Crippen LogP contribution is -2.55.